The molecule has 4 aliphatic rings. The first-order chi connectivity index (χ1) is 42.4. The summed E-state index contributed by atoms with van der Waals surface area (Å²) in [5, 5.41) is 14.9. The number of aromatic nitrogens is 4. The van der Waals surface area contributed by atoms with E-state index in [2.05, 4.69) is 20.2 Å². The van der Waals surface area contributed by atoms with E-state index in [4.69, 9.17) is 42.4 Å². The van der Waals surface area contributed by atoms with Crippen molar-refractivity contribution in [1.82, 2.24) is 38.5 Å². The molecule has 0 spiro atoms. The van der Waals surface area contributed by atoms with Gasteiger partial charge < -0.3 is 44.2 Å². The molecule has 3 aliphatic heterocycles. The summed E-state index contributed by atoms with van der Waals surface area (Å²) in [6, 6.07) is 16.5. The Hall–Kier alpha value is -6.60. The number of halogens is 2. The number of Topliss-reactive ketones (excluding diaryl/α,β-unsaturated/α-hetero) is 1. The zero-order valence-corrected chi connectivity index (χ0v) is 54.0. The number of carbonyl (C=O) groups is 5. The Balaban J connectivity index is 0.662. The number of carboxylic acids is 1. The van der Waals surface area contributed by atoms with Crippen LogP contribution in [-0.4, -0.2) is 185 Å². The predicted octanol–water partition coefficient (Wildman–Crippen LogP) is 8.47. The molecule has 2 N–H and O–H groups in total. The number of hydrogen-bond acceptors (Lipinski definition) is 16. The fraction of sp³-hybridized carbons (Fsp3) is 0.547. The maximum absolute atomic E-state index is 15.0. The van der Waals surface area contributed by atoms with Crippen molar-refractivity contribution in [3.63, 3.8) is 0 Å². The summed E-state index contributed by atoms with van der Waals surface area (Å²) in [7, 11) is -4.06. The number of carboxylic acid groups (broad SMARTS) is 1. The minimum atomic E-state index is -4.06. The molecule has 6 heterocycles. The van der Waals surface area contributed by atoms with E-state index in [1.807, 2.05) is 68.1 Å². The SMILES string of the molecule is CC(=O)c1c(C)c2cnc(Nc3ccc(N4CCN(C(=O)CCOCCOCCOCCC(=O)N5CCN(S(=O)(=O)C[C@@H](N6C(=O)[C@@](C)(CC(=O)O)C[C@H](c7cccc(Cl)c7)[C@H]6c6ccc(Cl)cc6)C(C)(C)C)CC5)CC4)cn3)nc2n(C2CCCC2)c1=O. The molecule has 1 saturated carbocycles. The first-order valence-electron chi connectivity index (χ1n) is 30.7. The summed E-state index contributed by atoms with van der Waals surface area (Å²) in [6.07, 6.45) is 7.21. The molecular weight excluding hydrogens is 1200 g/mol. The number of rotatable bonds is 25. The van der Waals surface area contributed by atoms with E-state index in [1.165, 1.54) is 11.2 Å². The molecule has 5 aromatic rings. The van der Waals surface area contributed by atoms with Gasteiger partial charge in [0.15, 0.2) is 5.78 Å². The molecular formula is C64H82Cl2N10O12S. The van der Waals surface area contributed by atoms with Gasteiger partial charge in [0.05, 0.1) is 99.6 Å². The standard InChI is InChI=1S/C64H82Cl2N10O12S/c1-42-51-40-68-62(70-59(51)75(48-12-7-8-13-48)60(82)57(42)43(2)77)69-53-19-18-49(39-67-53)71-22-24-72(25-23-71)54(78)20-30-86-32-34-88-35-33-87-31-21-55(79)73-26-28-74(29-27-73)89(84,85)41-52(63(3,4)5)76-58(44-14-16-46(65)17-15-44)50(45-10-9-11-47(66)36-45)37-64(6,61(76)83)38-56(80)81/h9-11,14-19,36,39-40,48,50,52,58H,7-8,12-13,20-35,37-38,41H2,1-6H3,(H,80,81)(H,67,68,69,70)/t50-,52-,58-,64-/m1/s1. The smallest absolute Gasteiger partial charge is 0.304 e. The van der Waals surface area contributed by atoms with Gasteiger partial charge in [0.25, 0.3) is 5.56 Å². The summed E-state index contributed by atoms with van der Waals surface area (Å²) < 4.78 is 49.3. The van der Waals surface area contributed by atoms with Gasteiger partial charge in [0.1, 0.15) is 11.5 Å². The number of aryl methyl sites for hydroxylation is 1. The number of pyridine rings is 2. The number of carbonyl (C=O) groups excluding carboxylic acids is 4. The molecule has 3 saturated heterocycles. The highest BCUT2D eigenvalue weighted by Gasteiger charge is 2.55. The van der Waals surface area contributed by atoms with Crippen LogP contribution >= 0.6 is 23.2 Å². The lowest BCUT2D eigenvalue weighted by Crippen LogP contribution is -2.61. The quantitative estimate of drug-likeness (QED) is 0.0410. The van der Waals surface area contributed by atoms with Crippen LogP contribution in [0.3, 0.4) is 0 Å². The third-order valence-corrected chi connectivity index (χ3v) is 20.1. The molecule has 22 nitrogen and oxygen atoms in total. The Morgan fingerprint density at radius 1 is 0.775 bits per heavy atom. The largest absolute Gasteiger partial charge is 0.481 e. The minimum Gasteiger partial charge on any atom is -0.481 e. The third kappa shape index (κ3) is 16.1. The van der Waals surface area contributed by atoms with Crippen molar-refractivity contribution in [3.05, 3.63) is 116 Å². The topological polar surface area (TPSA) is 256 Å². The number of fused-ring (bicyclic) bond motifs is 1. The number of piperidine rings is 1. The molecule has 2 aromatic carbocycles. The molecule has 4 atom stereocenters. The van der Waals surface area contributed by atoms with Gasteiger partial charge in [-0.1, -0.05) is 88.0 Å². The predicted molar refractivity (Wildman–Crippen MR) is 339 cm³/mol. The lowest BCUT2D eigenvalue weighted by atomic mass is 9.66. The first-order valence-corrected chi connectivity index (χ1v) is 33.0. The van der Waals surface area contributed by atoms with Crippen LogP contribution in [-0.2, 0) is 43.4 Å². The Morgan fingerprint density at radius 2 is 1.38 bits per heavy atom. The van der Waals surface area contributed by atoms with Crippen LogP contribution in [0.1, 0.15) is 131 Å². The average molecular weight is 1290 g/mol. The maximum atomic E-state index is 15.0. The highest BCUT2D eigenvalue weighted by atomic mass is 35.5. The number of hydrogen-bond donors (Lipinski definition) is 2. The van der Waals surface area contributed by atoms with Crippen LogP contribution in [0.2, 0.25) is 10.0 Å². The first kappa shape index (κ1) is 66.8. The number of sulfonamides is 1. The van der Waals surface area contributed by atoms with Gasteiger partial charge in [0, 0.05) is 85.9 Å². The number of anilines is 3. The summed E-state index contributed by atoms with van der Waals surface area (Å²) >= 11 is 12.9. The van der Waals surface area contributed by atoms with Crippen molar-refractivity contribution in [1.29, 1.82) is 0 Å². The normalized spacial score (nSPS) is 20.1. The zero-order valence-electron chi connectivity index (χ0n) is 51.6. The summed E-state index contributed by atoms with van der Waals surface area (Å²) in [6.45, 7) is 14.8. The van der Waals surface area contributed by atoms with E-state index >= 15 is 4.79 Å². The number of amides is 3. The number of nitrogens with one attached hydrogen (secondary N) is 1. The van der Waals surface area contributed by atoms with E-state index < -0.39 is 62.9 Å². The highest BCUT2D eigenvalue weighted by molar-refractivity contribution is 7.89. The number of ketones is 1. The summed E-state index contributed by atoms with van der Waals surface area (Å²) in [5.41, 5.74) is 1.20. The Labute approximate surface area is 530 Å². The molecule has 9 rings (SSSR count). The van der Waals surface area contributed by atoms with Crippen molar-refractivity contribution in [2.24, 2.45) is 10.8 Å². The summed E-state index contributed by atoms with van der Waals surface area (Å²) in [4.78, 5) is 101. The number of piperazine rings is 2. The van der Waals surface area contributed by atoms with Gasteiger partial charge >= 0.3 is 5.97 Å². The Bertz CT molecular complexity index is 3530. The van der Waals surface area contributed by atoms with Crippen LogP contribution in [0.25, 0.3) is 11.0 Å². The van der Waals surface area contributed by atoms with Gasteiger partial charge in [-0.05, 0) is 91.6 Å². The van der Waals surface area contributed by atoms with Gasteiger partial charge in [0.2, 0.25) is 33.7 Å². The van der Waals surface area contributed by atoms with Crippen LogP contribution in [0.5, 0.6) is 0 Å². The van der Waals surface area contributed by atoms with Crippen molar-refractivity contribution in [3.8, 4) is 0 Å². The van der Waals surface area contributed by atoms with Gasteiger partial charge in [-0.25, -0.2) is 18.4 Å². The number of aliphatic carboxylic acids is 1. The third-order valence-electron chi connectivity index (χ3n) is 17.7. The van der Waals surface area contributed by atoms with E-state index in [0.717, 1.165) is 42.5 Å². The highest BCUT2D eigenvalue weighted by Crippen LogP contribution is 2.53. The number of benzene rings is 2. The molecule has 3 aromatic heterocycles. The lowest BCUT2D eigenvalue weighted by Gasteiger charge is -2.54. The lowest BCUT2D eigenvalue weighted by molar-refractivity contribution is -0.162. The Morgan fingerprint density at radius 3 is 1.94 bits per heavy atom. The molecule has 480 valence electrons. The molecule has 1 aliphatic carbocycles. The average Bonchev–Trinajstić information content (AvgIpc) is 0.850. The summed E-state index contributed by atoms with van der Waals surface area (Å²) in [5.74, 6) is -2.08. The fourth-order valence-electron chi connectivity index (χ4n) is 13.0. The molecule has 0 radical (unpaired) electrons. The van der Waals surface area contributed by atoms with Crippen LogP contribution in [0, 0.1) is 17.8 Å². The Kier molecular flexibility index (Phi) is 21.9. The molecule has 4 fully saturated rings. The van der Waals surface area contributed by atoms with E-state index in [-0.39, 0.29) is 107 Å². The molecule has 0 unspecified atom stereocenters. The number of likely N-dealkylation sites (tertiary alicyclic amines) is 1. The minimum absolute atomic E-state index is 0.00870. The second-order valence-electron chi connectivity index (χ2n) is 25.0. The van der Waals surface area contributed by atoms with Gasteiger partial charge in [-0.2, -0.15) is 9.29 Å². The van der Waals surface area contributed by atoms with Crippen LogP contribution < -0.4 is 15.8 Å². The number of ether oxygens (including phenoxy) is 3. The van der Waals surface area contributed by atoms with E-state index in [1.54, 1.807) is 58.8 Å². The van der Waals surface area contributed by atoms with Crippen molar-refractivity contribution < 1.29 is 51.7 Å². The second-order valence-corrected chi connectivity index (χ2v) is 27.9. The molecule has 89 heavy (non-hydrogen) atoms. The van der Waals surface area contributed by atoms with Crippen molar-refractivity contribution >= 4 is 91.2 Å². The zero-order chi connectivity index (χ0) is 63.8. The van der Waals surface area contributed by atoms with Crippen molar-refractivity contribution in [2.75, 3.05) is 108 Å². The monoisotopic (exact) mass is 1280 g/mol. The van der Waals surface area contributed by atoms with Crippen LogP contribution in [0.15, 0.2) is 77.9 Å². The van der Waals surface area contributed by atoms with E-state index in [0.29, 0.717) is 77.8 Å². The van der Waals surface area contributed by atoms with Crippen molar-refractivity contribution in [2.45, 2.75) is 117 Å². The van der Waals surface area contributed by atoms with Gasteiger partial charge in [-0.3, -0.25) is 33.3 Å². The molecule has 3 amide bonds. The number of nitrogens with zero attached hydrogens (tertiary/aromatic N) is 9. The fourth-order valence-corrected chi connectivity index (χ4v) is 15.3. The maximum Gasteiger partial charge on any atom is 0.304 e. The molecule has 0 bridgehead atoms. The van der Waals surface area contributed by atoms with E-state index in [9.17, 15) is 37.5 Å². The molecule has 25 heteroatoms. The van der Waals surface area contributed by atoms with Gasteiger partial charge in [-0.15, -0.1) is 0 Å². The van der Waals surface area contributed by atoms with Crippen LogP contribution in [0.4, 0.5) is 17.5 Å². The second kappa shape index (κ2) is 29.1.